The van der Waals surface area contributed by atoms with Gasteiger partial charge in [0.1, 0.15) is 0 Å². The van der Waals surface area contributed by atoms with Crippen molar-refractivity contribution in [3.63, 3.8) is 0 Å². The predicted octanol–water partition coefficient (Wildman–Crippen LogP) is -0.592. The minimum Gasteiger partial charge on any atom is -0.366 e. The summed E-state index contributed by atoms with van der Waals surface area (Å²) in [7, 11) is -3.13. The quantitative estimate of drug-likeness (QED) is 0.358. The fourth-order valence-electron chi connectivity index (χ4n) is 0. The Bertz CT molecular complexity index is 139. The normalized spacial score (nSPS) is 8.00. The van der Waals surface area contributed by atoms with E-state index in [1.807, 2.05) is 0 Å². The van der Waals surface area contributed by atoms with Crippen LogP contribution in [0.2, 0.25) is 0 Å². The molecule has 0 heterocycles. The maximum atomic E-state index is 9.82. The SMILES string of the molecule is C=C(C)C(N)=O.O=[PH](O)O. The molecule has 0 aliphatic rings. The smallest absolute Gasteiger partial charge is 0.314 e. The molecule has 0 aromatic carbocycles. The Morgan fingerprint density at radius 2 is 1.70 bits per heavy atom. The van der Waals surface area contributed by atoms with Crippen LogP contribution in [0.4, 0.5) is 0 Å². The van der Waals surface area contributed by atoms with Gasteiger partial charge >= 0.3 is 8.25 Å². The molecule has 1 amide bonds. The minimum absolute atomic E-state index is 0.398. The van der Waals surface area contributed by atoms with Crippen molar-refractivity contribution in [2.24, 2.45) is 5.73 Å². The van der Waals surface area contributed by atoms with Gasteiger partial charge in [-0.2, -0.15) is 0 Å². The lowest BCUT2D eigenvalue weighted by molar-refractivity contribution is -0.114. The molecule has 0 spiro atoms. The summed E-state index contributed by atoms with van der Waals surface area (Å²) < 4.78 is 8.74. The molecule has 5 nitrogen and oxygen atoms in total. The summed E-state index contributed by atoms with van der Waals surface area (Å²) in [6.07, 6.45) is 0. The molecule has 0 aromatic rings. The molecule has 0 atom stereocenters. The third-order valence-corrected chi connectivity index (χ3v) is 0.421. The van der Waals surface area contributed by atoms with E-state index in [0.29, 0.717) is 5.57 Å². The second-order valence-electron chi connectivity index (χ2n) is 1.43. The third kappa shape index (κ3) is 26.4. The van der Waals surface area contributed by atoms with Gasteiger partial charge in [-0.25, -0.2) is 0 Å². The number of primary amides is 1. The molecule has 0 rings (SSSR count). The molecular weight excluding hydrogens is 157 g/mol. The number of carbonyl (C=O) groups is 1. The van der Waals surface area contributed by atoms with E-state index in [2.05, 4.69) is 6.58 Å². The molecule has 0 unspecified atom stereocenters. The zero-order valence-corrected chi connectivity index (χ0v) is 6.50. The van der Waals surface area contributed by atoms with E-state index in [4.69, 9.17) is 20.1 Å². The first kappa shape index (κ1) is 12.1. The number of nitrogens with two attached hydrogens (primary N) is 1. The maximum absolute atomic E-state index is 9.82. The fourth-order valence-corrected chi connectivity index (χ4v) is 0. The van der Waals surface area contributed by atoms with Crippen molar-refractivity contribution < 1.29 is 19.1 Å². The van der Waals surface area contributed by atoms with E-state index in [0.717, 1.165) is 0 Å². The van der Waals surface area contributed by atoms with Gasteiger partial charge in [0.05, 0.1) is 0 Å². The van der Waals surface area contributed by atoms with Gasteiger partial charge in [-0.1, -0.05) is 6.58 Å². The predicted molar refractivity (Wildman–Crippen MR) is 37.4 cm³/mol. The topological polar surface area (TPSA) is 101 Å². The summed E-state index contributed by atoms with van der Waals surface area (Å²) in [6.45, 7) is 4.85. The van der Waals surface area contributed by atoms with Crippen LogP contribution in [0.1, 0.15) is 6.92 Å². The van der Waals surface area contributed by atoms with Gasteiger partial charge < -0.3 is 15.5 Å². The van der Waals surface area contributed by atoms with Crippen LogP contribution < -0.4 is 5.73 Å². The summed E-state index contributed by atoms with van der Waals surface area (Å²) in [6, 6.07) is 0. The minimum atomic E-state index is -3.13. The molecule has 0 saturated heterocycles. The van der Waals surface area contributed by atoms with Gasteiger partial charge in [0.25, 0.3) is 0 Å². The molecule has 0 aliphatic carbocycles. The number of carbonyl (C=O) groups excluding carboxylic acids is 1. The second-order valence-corrected chi connectivity index (χ2v) is 1.99. The molecule has 0 fully saturated rings. The van der Waals surface area contributed by atoms with Gasteiger partial charge in [0.15, 0.2) is 0 Å². The van der Waals surface area contributed by atoms with Crippen molar-refractivity contribution in [3.8, 4) is 0 Å². The van der Waals surface area contributed by atoms with Crippen LogP contribution in [-0.4, -0.2) is 15.7 Å². The number of rotatable bonds is 1. The number of amides is 1. The lowest BCUT2D eigenvalue weighted by Gasteiger charge is -1.81. The van der Waals surface area contributed by atoms with E-state index in [1.165, 1.54) is 0 Å². The Labute approximate surface area is 59.1 Å². The van der Waals surface area contributed by atoms with Crippen molar-refractivity contribution in [2.75, 3.05) is 0 Å². The zero-order valence-electron chi connectivity index (χ0n) is 5.50. The highest BCUT2D eigenvalue weighted by molar-refractivity contribution is 7.30. The van der Waals surface area contributed by atoms with Crippen LogP contribution in [0.3, 0.4) is 0 Å². The van der Waals surface area contributed by atoms with Crippen LogP contribution in [0.25, 0.3) is 0 Å². The van der Waals surface area contributed by atoms with E-state index in [9.17, 15) is 4.79 Å². The highest BCUT2D eigenvalue weighted by Gasteiger charge is 1.86. The van der Waals surface area contributed by atoms with Crippen molar-refractivity contribution in [1.82, 2.24) is 0 Å². The van der Waals surface area contributed by atoms with Gasteiger partial charge in [0.2, 0.25) is 5.91 Å². The van der Waals surface area contributed by atoms with E-state index >= 15 is 0 Å². The molecule has 10 heavy (non-hydrogen) atoms. The Hall–Kier alpha value is -0.640. The van der Waals surface area contributed by atoms with Gasteiger partial charge in [0, 0.05) is 5.57 Å². The highest BCUT2D eigenvalue weighted by Crippen LogP contribution is 1.98. The molecular formula is C4H10NO4P. The van der Waals surface area contributed by atoms with E-state index in [-0.39, 0.29) is 0 Å². The molecule has 0 saturated carbocycles. The van der Waals surface area contributed by atoms with Gasteiger partial charge in [-0.3, -0.25) is 9.36 Å². The summed E-state index contributed by atoms with van der Waals surface area (Å²) in [4.78, 5) is 24.1. The summed E-state index contributed by atoms with van der Waals surface area (Å²) >= 11 is 0. The Morgan fingerprint density at radius 1 is 1.60 bits per heavy atom. The average molecular weight is 167 g/mol. The van der Waals surface area contributed by atoms with Crippen LogP contribution in [0.5, 0.6) is 0 Å². The second kappa shape index (κ2) is 6.48. The summed E-state index contributed by atoms with van der Waals surface area (Å²) in [5.41, 5.74) is 5.09. The first-order valence-electron chi connectivity index (χ1n) is 2.25. The molecule has 60 valence electrons. The van der Waals surface area contributed by atoms with E-state index < -0.39 is 14.2 Å². The summed E-state index contributed by atoms with van der Waals surface area (Å²) in [5.74, 6) is -0.435. The summed E-state index contributed by atoms with van der Waals surface area (Å²) in [5, 5.41) is 0. The number of hydrogen-bond acceptors (Lipinski definition) is 2. The lowest BCUT2D eigenvalue weighted by Crippen LogP contribution is -2.10. The van der Waals surface area contributed by atoms with Crippen LogP contribution in [0.15, 0.2) is 12.2 Å². The van der Waals surface area contributed by atoms with Crippen LogP contribution in [-0.2, 0) is 9.36 Å². The van der Waals surface area contributed by atoms with E-state index in [1.54, 1.807) is 6.92 Å². The van der Waals surface area contributed by atoms with Crippen LogP contribution in [0, 0.1) is 0 Å². The van der Waals surface area contributed by atoms with Crippen molar-refractivity contribution in [1.29, 1.82) is 0 Å². The molecule has 4 N–H and O–H groups in total. The largest absolute Gasteiger partial charge is 0.366 e. The monoisotopic (exact) mass is 167 g/mol. The lowest BCUT2D eigenvalue weighted by atomic mass is 10.3. The van der Waals surface area contributed by atoms with Crippen LogP contribution >= 0.6 is 8.25 Å². The van der Waals surface area contributed by atoms with Crippen molar-refractivity contribution in [2.45, 2.75) is 6.92 Å². The molecule has 0 aromatic heterocycles. The van der Waals surface area contributed by atoms with Crippen molar-refractivity contribution in [3.05, 3.63) is 12.2 Å². The Kier molecular flexibility index (Phi) is 7.82. The zero-order chi connectivity index (χ0) is 8.73. The van der Waals surface area contributed by atoms with Crippen molar-refractivity contribution >= 4 is 14.2 Å². The third-order valence-electron chi connectivity index (χ3n) is 0.421. The first-order chi connectivity index (χ1) is 4.37. The average Bonchev–Trinajstić information content (AvgIpc) is 1.63. The maximum Gasteiger partial charge on any atom is 0.314 e. The Balaban J connectivity index is 0. The molecule has 0 aliphatic heterocycles. The Morgan fingerprint density at radius 3 is 1.70 bits per heavy atom. The highest BCUT2D eigenvalue weighted by atomic mass is 31.1. The molecule has 6 heteroatoms. The number of hydrogen-bond donors (Lipinski definition) is 3. The van der Waals surface area contributed by atoms with Gasteiger partial charge in [-0.15, -0.1) is 0 Å². The fraction of sp³-hybridized carbons (Fsp3) is 0.250. The van der Waals surface area contributed by atoms with Gasteiger partial charge in [-0.05, 0) is 6.92 Å². The standard InChI is InChI=1S/C4H7NO.H3O3P/c1-3(2)4(5)6;1-4(2)3/h1H2,2H3,(H2,5,6);4H,(H2,1,2,3). The molecule has 0 bridgehead atoms. The molecule has 0 radical (unpaired) electrons. The first-order valence-corrected chi connectivity index (χ1v) is 3.55.